The van der Waals surface area contributed by atoms with E-state index >= 15 is 0 Å². The highest BCUT2D eigenvalue weighted by Gasteiger charge is 2.34. The number of hydrogen-bond acceptors (Lipinski definition) is 5. The number of thiophene rings is 1. The number of rotatable bonds is 6. The van der Waals surface area contributed by atoms with Crippen LogP contribution in [0.1, 0.15) is 28.3 Å². The van der Waals surface area contributed by atoms with Crippen molar-refractivity contribution in [1.29, 1.82) is 0 Å². The molecule has 0 fully saturated rings. The van der Waals surface area contributed by atoms with Gasteiger partial charge in [-0.3, -0.25) is 4.79 Å². The first kappa shape index (κ1) is 20.4. The molecule has 7 heteroatoms. The van der Waals surface area contributed by atoms with E-state index < -0.39 is 9.84 Å². The Kier molecular flexibility index (Phi) is 5.49. The van der Waals surface area contributed by atoms with Gasteiger partial charge in [0.1, 0.15) is 17.3 Å². The number of carbonyl (C=O) groups excluding carboxylic acids is 1. The van der Waals surface area contributed by atoms with Crippen molar-refractivity contribution in [2.24, 2.45) is 0 Å². The summed E-state index contributed by atoms with van der Waals surface area (Å²) in [5, 5.41) is 4.41. The minimum absolute atomic E-state index is 0.142. The number of aryl methyl sites for hydroxylation is 1. The van der Waals surface area contributed by atoms with Crippen molar-refractivity contribution in [3.05, 3.63) is 82.6 Å². The van der Waals surface area contributed by atoms with Gasteiger partial charge < -0.3 is 10.1 Å². The van der Waals surface area contributed by atoms with Gasteiger partial charge in [0.05, 0.1) is 10.6 Å². The monoisotopic (exact) mass is 439 g/mol. The molecule has 1 aliphatic heterocycles. The zero-order valence-electron chi connectivity index (χ0n) is 16.4. The predicted molar refractivity (Wildman–Crippen MR) is 118 cm³/mol. The highest BCUT2D eigenvalue weighted by atomic mass is 32.2. The molecule has 0 saturated carbocycles. The lowest BCUT2D eigenvalue weighted by Gasteiger charge is -2.24. The molecule has 1 aromatic heterocycles. The van der Waals surface area contributed by atoms with Gasteiger partial charge in [-0.1, -0.05) is 42.5 Å². The molecule has 4 rings (SSSR count). The van der Waals surface area contributed by atoms with Crippen LogP contribution >= 0.6 is 11.3 Å². The van der Waals surface area contributed by atoms with Crippen molar-refractivity contribution in [2.45, 2.75) is 29.1 Å². The summed E-state index contributed by atoms with van der Waals surface area (Å²) >= 11 is 1.35. The third-order valence-electron chi connectivity index (χ3n) is 5.01. The Morgan fingerprint density at radius 2 is 2.00 bits per heavy atom. The van der Waals surface area contributed by atoms with Gasteiger partial charge in [-0.15, -0.1) is 11.3 Å². The Labute approximate surface area is 179 Å². The zero-order chi connectivity index (χ0) is 21.3. The quantitative estimate of drug-likeness (QED) is 0.553. The molecule has 0 spiro atoms. The molecule has 0 bridgehead atoms. The molecule has 0 aliphatic carbocycles. The fourth-order valence-electron chi connectivity index (χ4n) is 3.49. The molecule has 1 N–H and O–H groups in total. The molecule has 154 valence electrons. The van der Waals surface area contributed by atoms with E-state index in [2.05, 4.69) is 11.9 Å². The summed E-state index contributed by atoms with van der Waals surface area (Å²) in [5.41, 5.74) is 2.28. The van der Waals surface area contributed by atoms with E-state index in [0.717, 1.165) is 16.0 Å². The number of nitrogens with one attached hydrogen (secondary N) is 1. The summed E-state index contributed by atoms with van der Waals surface area (Å²) < 4.78 is 32.1. The molecule has 30 heavy (non-hydrogen) atoms. The Morgan fingerprint density at radius 1 is 1.23 bits per heavy atom. The first-order chi connectivity index (χ1) is 14.4. The van der Waals surface area contributed by atoms with E-state index in [0.29, 0.717) is 18.0 Å². The summed E-state index contributed by atoms with van der Waals surface area (Å²) in [6.07, 6.45) is 1.92. The van der Waals surface area contributed by atoms with Crippen molar-refractivity contribution in [2.75, 3.05) is 11.9 Å². The summed E-state index contributed by atoms with van der Waals surface area (Å²) in [5.74, 6) is 0.251. The maximum Gasteiger partial charge on any atom is 0.225 e. The number of anilines is 1. The number of amides is 1. The van der Waals surface area contributed by atoms with Gasteiger partial charge in [-0.25, -0.2) is 8.42 Å². The molecular weight excluding hydrogens is 418 g/mol. The SMILES string of the molecule is C=CCOc1cccc([C@H]2CC(=O)Nc3c(S(=O)(=O)c4ccc(C)cc4)csc32)c1. The fraction of sp³-hybridized carbons (Fsp3) is 0.174. The van der Waals surface area contributed by atoms with E-state index in [9.17, 15) is 13.2 Å². The molecular formula is C23H21NO4S2. The normalized spacial score (nSPS) is 15.9. The number of hydrogen-bond donors (Lipinski definition) is 1. The Morgan fingerprint density at radius 3 is 2.73 bits per heavy atom. The third-order valence-corrected chi connectivity index (χ3v) is 8.04. The number of carbonyl (C=O) groups is 1. The molecule has 2 aromatic carbocycles. The van der Waals surface area contributed by atoms with Gasteiger partial charge in [0.25, 0.3) is 0 Å². The Hall–Kier alpha value is -2.90. The molecule has 1 aliphatic rings. The van der Waals surface area contributed by atoms with Crippen LogP contribution in [0.2, 0.25) is 0 Å². The molecule has 0 saturated heterocycles. The zero-order valence-corrected chi connectivity index (χ0v) is 18.1. The minimum atomic E-state index is -3.74. The van der Waals surface area contributed by atoms with Gasteiger partial charge in [-0.2, -0.15) is 0 Å². The summed E-state index contributed by atoms with van der Waals surface area (Å²) in [7, 11) is -3.74. The van der Waals surface area contributed by atoms with Crippen LogP contribution < -0.4 is 10.1 Å². The Balaban J connectivity index is 1.76. The van der Waals surface area contributed by atoms with Crippen LogP contribution in [0.3, 0.4) is 0 Å². The van der Waals surface area contributed by atoms with Crippen LogP contribution in [0, 0.1) is 6.92 Å². The lowest BCUT2D eigenvalue weighted by atomic mass is 9.90. The van der Waals surface area contributed by atoms with Gasteiger partial charge in [-0.05, 0) is 36.8 Å². The topological polar surface area (TPSA) is 72.5 Å². The van der Waals surface area contributed by atoms with E-state index in [-0.39, 0.29) is 28.0 Å². The van der Waals surface area contributed by atoms with Crippen LogP contribution in [-0.4, -0.2) is 20.9 Å². The molecule has 1 atom stereocenters. The number of benzene rings is 2. The van der Waals surface area contributed by atoms with Crippen LogP contribution in [0.5, 0.6) is 5.75 Å². The third kappa shape index (κ3) is 3.78. The van der Waals surface area contributed by atoms with E-state index in [4.69, 9.17) is 4.74 Å². The molecule has 1 amide bonds. The number of sulfone groups is 1. The average Bonchev–Trinajstić information content (AvgIpc) is 3.16. The maximum absolute atomic E-state index is 13.2. The second kappa shape index (κ2) is 8.08. The molecule has 5 nitrogen and oxygen atoms in total. The molecule has 0 unspecified atom stereocenters. The van der Waals surface area contributed by atoms with Gasteiger partial charge in [0.15, 0.2) is 0 Å². The second-order valence-corrected chi connectivity index (χ2v) is 9.96. The van der Waals surface area contributed by atoms with Gasteiger partial charge >= 0.3 is 0 Å². The Bertz CT molecular complexity index is 1210. The highest BCUT2D eigenvalue weighted by molar-refractivity contribution is 7.91. The lowest BCUT2D eigenvalue weighted by Crippen LogP contribution is -2.23. The van der Waals surface area contributed by atoms with Crippen molar-refractivity contribution in [1.82, 2.24) is 0 Å². The van der Waals surface area contributed by atoms with Crippen LogP contribution in [0.4, 0.5) is 5.69 Å². The van der Waals surface area contributed by atoms with Crippen LogP contribution in [0.25, 0.3) is 0 Å². The first-order valence-electron chi connectivity index (χ1n) is 9.47. The summed E-state index contributed by atoms with van der Waals surface area (Å²) in [4.78, 5) is 13.7. The van der Waals surface area contributed by atoms with Crippen molar-refractivity contribution in [3.63, 3.8) is 0 Å². The van der Waals surface area contributed by atoms with E-state index in [1.54, 1.807) is 35.7 Å². The average molecular weight is 440 g/mol. The largest absolute Gasteiger partial charge is 0.490 e. The van der Waals surface area contributed by atoms with E-state index in [1.807, 2.05) is 31.2 Å². The predicted octanol–water partition coefficient (Wildman–Crippen LogP) is 4.93. The summed E-state index contributed by atoms with van der Waals surface area (Å²) in [6, 6.07) is 14.3. The van der Waals surface area contributed by atoms with Crippen LogP contribution in [-0.2, 0) is 14.6 Å². The smallest absolute Gasteiger partial charge is 0.225 e. The minimum Gasteiger partial charge on any atom is -0.490 e. The molecule has 2 heterocycles. The van der Waals surface area contributed by atoms with Crippen LogP contribution in [0.15, 0.2) is 76.4 Å². The van der Waals surface area contributed by atoms with Crippen molar-refractivity contribution >= 4 is 32.8 Å². The first-order valence-corrected chi connectivity index (χ1v) is 11.8. The second-order valence-electron chi connectivity index (χ2n) is 7.13. The number of fused-ring (bicyclic) bond motifs is 1. The molecule has 0 radical (unpaired) electrons. The maximum atomic E-state index is 13.2. The molecule has 3 aromatic rings. The number of ether oxygens (including phenoxy) is 1. The van der Waals surface area contributed by atoms with E-state index in [1.165, 1.54) is 11.3 Å². The van der Waals surface area contributed by atoms with Crippen molar-refractivity contribution < 1.29 is 17.9 Å². The van der Waals surface area contributed by atoms with Crippen molar-refractivity contribution in [3.8, 4) is 5.75 Å². The lowest BCUT2D eigenvalue weighted by molar-refractivity contribution is -0.116. The fourth-order valence-corrected chi connectivity index (χ4v) is 6.40. The van der Waals surface area contributed by atoms with Gasteiger partial charge in [0.2, 0.25) is 15.7 Å². The highest BCUT2D eigenvalue weighted by Crippen LogP contribution is 2.46. The van der Waals surface area contributed by atoms with Gasteiger partial charge in [0, 0.05) is 22.6 Å². The summed E-state index contributed by atoms with van der Waals surface area (Å²) in [6.45, 7) is 5.94. The standard InChI is InChI=1S/C23H21NO4S2/c1-3-11-28-17-6-4-5-16(12-17)19-13-21(25)24-22-20(14-29-23(19)22)30(26,27)18-9-7-15(2)8-10-18/h3-10,12,14,19H,1,11,13H2,2H3,(H,24,25)/t19-/m1/s1.